The first-order valence-corrected chi connectivity index (χ1v) is 10.4. The quantitative estimate of drug-likeness (QED) is 0.476. The fraction of sp³-hybridized carbons (Fsp3) is 0.148. The van der Waals surface area contributed by atoms with Gasteiger partial charge in [-0.3, -0.25) is 0 Å². The van der Waals surface area contributed by atoms with Gasteiger partial charge in [0.05, 0.1) is 0 Å². The number of hydrogen-bond donors (Lipinski definition) is 1. The molecule has 1 amide bonds. The average Bonchev–Trinajstić information content (AvgIpc) is 3.13. The number of carbonyl (C=O) groups is 1. The predicted molar refractivity (Wildman–Crippen MR) is 124 cm³/mol. The molecule has 0 unspecified atom stereocenters. The summed E-state index contributed by atoms with van der Waals surface area (Å²) < 4.78 is 11.2. The van der Waals surface area contributed by atoms with Crippen molar-refractivity contribution < 1.29 is 14.3 Å². The fourth-order valence-electron chi connectivity index (χ4n) is 3.88. The summed E-state index contributed by atoms with van der Waals surface area (Å²) >= 11 is 0. The molecule has 0 atom stereocenters. The Kier molecular flexibility index (Phi) is 6.48. The van der Waals surface area contributed by atoms with Crippen LogP contribution in [0.3, 0.4) is 0 Å². The van der Waals surface area contributed by atoms with E-state index in [1.165, 1.54) is 22.3 Å². The standard InChI is InChI=1S/C27H25NO3/c1-2-18-30-26-16-8-3-10-20(26)11-9-17-28-27(29)31-19-25-23-14-6-4-12-21(23)22-13-5-7-15-24(22)25/h2-16,25H,1,17-19H2,(H,28,29). The Morgan fingerprint density at radius 3 is 2.29 bits per heavy atom. The van der Waals surface area contributed by atoms with E-state index < -0.39 is 6.09 Å². The third-order valence-corrected chi connectivity index (χ3v) is 5.28. The van der Waals surface area contributed by atoms with E-state index in [-0.39, 0.29) is 5.92 Å². The maximum Gasteiger partial charge on any atom is 0.407 e. The average molecular weight is 412 g/mol. The van der Waals surface area contributed by atoms with E-state index >= 15 is 0 Å². The van der Waals surface area contributed by atoms with Crippen LogP contribution in [-0.2, 0) is 4.74 Å². The molecule has 0 radical (unpaired) electrons. The number of hydrogen-bond acceptors (Lipinski definition) is 3. The van der Waals surface area contributed by atoms with Crippen LogP contribution in [0.1, 0.15) is 22.6 Å². The van der Waals surface area contributed by atoms with Crippen molar-refractivity contribution in [3.8, 4) is 16.9 Å². The molecule has 1 N–H and O–H groups in total. The Hall–Kier alpha value is -3.79. The smallest absolute Gasteiger partial charge is 0.407 e. The zero-order chi connectivity index (χ0) is 21.5. The maximum atomic E-state index is 12.2. The number of ether oxygens (including phenoxy) is 2. The molecule has 0 saturated carbocycles. The summed E-state index contributed by atoms with van der Waals surface area (Å²) in [6.07, 6.45) is 5.07. The molecule has 0 aliphatic heterocycles. The molecule has 3 aromatic carbocycles. The lowest BCUT2D eigenvalue weighted by atomic mass is 9.98. The lowest BCUT2D eigenvalue weighted by molar-refractivity contribution is 0.144. The van der Waals surface area contributed by atoms with E-state index in [9.17, 15) is 4.79 Å². The SMILES string of the molecule is C=CCOc1ccccc1C=CCNC(=O)OCC1c2ccccc2-c2ccccc21. The molecule has 156 valence electrons. The highest BCUT2D eigenvalue weighted by molar-refractivity contribution is 5.79. The fourth-order valence-corrected chi connectivity index (χ4v) is 3.88. The summed E-state index contributed by atoms with van der Waals surface area (Å²) in [6.45, 7) is 4.79. The first kappa shape index (κ1) is 20.5. The Balaban J connectivity index is 1.32. The zero-order valence-corrected chi connectivity index (χ0v) is 17.3. The minimum Gasteiger partial charge on any atom is -0.489 e. The van der Waals surface area contributed by atoms with Crippen molar-refractivity contribution in [1.82, 2.24) is 5.32 Å². The van der Waals surface area contributed by atoms with Crippen molar-refractivity contribution in [2.45, 2.75) is 5.92 Å². The number of alkyl carbamates (subject to hydrolysis) is 1. The van der Waals surface area contributed by atoms with Crippen LogP contribution in [0, 0.1) is 0 Å². The van der Waals surface area contributed by atoms with Crippen molar-refractivity contribution in [2.24, 2.45) is 0 Å². The summed E-state index contributed by atoms with van der Waals surface area (Å²) in [6, 6.07) is 24.3. The van der Waals surface area contributed by atoms with Crippen molar-refractivity contribution in [1.29, 1.82) is 0 Å². The number of fused-ring (bicyclic) bond motifs is 3. The third-order valence-electron chi connectivity index (χ3n) is 5.28. The second-order valence-corrected chi connectivity index (χ2v) is 7.25. The van der Waals surface area contributed by atoms with Gasteiger partial charge in [-0.25, -0.2) is 4.79 Å². The first-order valence-electron chi connectivity index (χ1n) is 10.4. The highest BCUT2D eigenvalue weighted by atomic mass is 16.5. The van der Waals surface area contributed by atoms with Gasteiger partial charge >= 0.3 is 6.09 Å². The molecular weight excluding hydrogens is 386 g/mol. The minimum absolute atomic E-state index is 0.0579. The second-order valence-electron chi connectivity index (χ2n) is 7.25. The van der Waals surface area contributed by atoms with E-state index in [2.05, 4.69) is 36.2 Å². The number of para-hydroxylation sites is 1. The Morgan fingerprint density at radius 2 is 1.58 bits per heavy atom. The summed E-state index contributed by atoms with van der Waals surface area (Å²) in [5.74, 6) is 0.836. The van der Waals surface area contributed by atoms with Crippen LogP contribution in [0.15, 0.2) is 91.5 Å². The predicted octanol–water partition coefficient (Wildman–Crippen LogP) is 5.80. The molecule has 0 heterocycles. The highest BCUT2D eigenvalue weighted by Crippen LogP contribution is 2.44. The Bertz CT molecular complexity index is 1060. The van der Waals surface area contributed by atoms with Crippen molar-refractivity contribution in [3.05, 3.63) is 108 Å². The van der Waals surface area contributed by atoms with E-state index in [1.54, 1.807) is 6.08 Å². The summed E-state index contributed by atoms with van der Waals surface area (Å²) in [7, 11) is 0. The van der Waals surface area contributed by atoms with Crippen LogP contribution >= 0.6 is 0 Å². The molecule has 0 saturated heterocycles. The Morgan fingerprint density at radius 1 is 0.935 bits per heavy atom. The molecule has 4 rings (SSSR count). The van der Waals surface area contributed by atoms with E-state index in [0.717, 1.165) is 11.3 Å². The van der Waals surface area contributed by atoms with Crippen LogP contribution in [-0.4, -0.2) is 25.9 Å². The monoisotopic (exact) mass is 411 g/mol. The molecule has 0 bridgehead atoms. The van der Waals surface area contributed by atoms with Crippen molar-refractivity contribution in [3.63, 3.8) is 0 Å². The van der Waals surface area contributed by atoms with Crippen molar-refractivity contribution >= 4 is 12.2 Å². The molecule has 0 spiro atoms. The zero-order valence-electron chi connectivity index (χ0n) is 17.3. The molecule has 0 aromatic heterocycles. The van der Waals surface area contributed by atoms with Gasteiger partial charge in [0.1, 0.15) is 19.0 Å². The Labute approximate surface area is 182 Å². The summed E-state index contributed by atoms with van der Waals surface area (Å²) in [5, 5.41) is 2.78. The summed E-state index contributed by atoms with van der Waals surface area (Å²) in [4.78, 5) is 12.2. The van der Waals surface area contributed by atoms with Gasteiger partial charge in [-0.15, -0.1) is 0 Å². The lowest BCUT2D eigenvalue weighted by Gasteiger charge is -2.14. The largest absolute Gasteiger partial charge is 0.489 e. The number of carbonyl (C=O) groups excluding carboxylic acids is 1. The highest BCUT2D eigenvalue weighted by Gasteiger charge is 2.28. The van der Waals surface area contributed by atoms with Gasteiger partial charge in [-0.1, -0.05) is 91.5 Å². The van der Waals surface area contributed by atoms with E-state index in [4.69, 9.17) is 9.47 Å². The van der Waals surface area contributed by atoms with Crippen LogP contribution in [0.25, 0.3) is 17.2 Å². The molecular formula is C27H25NO3. The number of benzene rings is 3. The molecule has 4 nitrogen and oxygen atoms in total. The van der Waals surface area contributed by atoms with Gasteiger partial charge in [-0.05, 0) is 28.3 Å². The lowest BCUT2D eigenvalue weighted by Crippen LogP contribution is -2.26. The van der Waals surface area contributed by atoms with Gasteiger partial charge in [-0.2, -0.15) is 0 Å². The van der Waals surface area contributed by atoms with Gasteiger partial charge in [0, 0.05) is 18.0 Å². The van der Waals surface area contributed by atoms with E-state index in [1.807, 2.05) is 60.7 Å². The first-order chi connectivity index (χ1) is 15.3. The van der Waals surface area contributed by atoms with Gasteiger partial charge in [0.2, 0.25) is 0 Å². The number of amides is 1. The van der Waals surface area contributed by atoms with Crippen LogP contribution in [0.4, 0.5) is 4.79 Å². The molecule has 3 aromatic rings. The van der Waals surface area contributed by atoms with Gasteiger partial charge in [0.15, 0.2) is 0 Å². The topological polar surface area (TPSA) is 47.6 Å². The third kappa shape index (κ3) is 4.69. The number of rotatable bonds is 8. The summed E-state index contributed by atoms with van der Waals surface area (Å²) in [5.41, 5.74) is 5.78. The van der Waals surface area contributed by atoms with Crippen LogP contribution in [0.2, 0.25) is 0 Å². The molecule has 1 aliphatic rings. The van der Waals surface area contributed by atoms with Gasteiger partial charge in [0.25, 0.3) is 0 Å². The van der Waals surface area contributed by atoms with Gasteiger partial charge < -0.3 is 14.8 Å². The molecule has 4 heteroatoms. The van der Waals surface area contributed by atoms with Crippen LogP contribution in [0.5, 0.6) is 5.75 Å². The minimum atomic E-state index is -0.428. The van der Waals surface area contributed by atoms with Crippen molar-refractivity contribution in [2.75, 3.05) is 19.8 Å². The van der Waals surface area contributed by atoms with E-state index in [0.29, 0.717) is 19.8 Å². The maximum absolute atomic E-state index is 12.2. The second kappa shape index (κ2) is 9.81. The molecule has 31 heavy (non-hydrogen) atoms. The van der Waals surface area contributed by atoms with Crippen LogP contribution < -0.4 is 10.1 Å². The molecule has 0 fully saturated rings. The normalized spacial score (nSPS) is 12.3. The number of nitrogens with one attached hydrogen (secondary N) is 1. The molecule has 1 aliphatic carbocycles.